The van der Waals surface area contributed by atoms with E-state index in [-0.39, 0.29) is 6.29 Å². The van der Waals surface area contributed by atoms with E-state index in [1.807, 2.05) is 23.0 Å². The number of fused-ring (bicyclic) bond motifs is 1. The zero-order valence-electron chi connectivity index (χ0n) is 9.71. The first-order valence-electron chi connectivity index (χ1n) is 6.07. The summed E-state index contributed by atoms with van der Waals surface area (Å²) in [6.45, 7) is 2.45. The van der Waals surface area contributed by atoms with Gasteiger partial charge in [-0.1, -0.05) is 18.2 Å². The molecule has 0 unspecified atom stereocenters. The number of para-hydroxylation sites is 1. The van der Waals surface area contributed by atoms with Gasteiger partial charge in [-0.15, -0.1) is 0 Å². The molecule has 1 aromatic heterocycles. The lowest BCUT2D eigenvalue weighted by Gasteiger charge is -2.23. The number of aryl methyl sites for hydroxylation is 1. The van der Waals surface area contributed by atoms with Gasteiger partial charge in [0.25, 0.3) is 0 Å². The van der Waals surface area contributed by atoms with Crippen LogP contribution >= 0.6 is 0 Å². The minimum atomic E-state index is -0.0632. The van der Waals surface area contributed by atoms with Crippen LogP contribution in [0.5, 0.6) is 0 Å². The van der Waals surface area contributed by atoms with E-state index < -0.39 is 0 Å². The van der Waals surface area contributed by atoms with E-state index in [1.54, 1.807) is 0 Å². The lowest BCUT2D eigenvalue weighted by molar-refractivity contribution is -0.182. The van der Waals surface area contributed by atoms with Gasteiger partial charge in [0, 0.05) is 18.4 Å². The van der Waals surface area contributed by atoms with Crippen molar-refractivity contribution in [2.24, 2.45) is 0 Å². The molecule has 0 aliphatic carbocycles. The normalized spacial score (nSPS) is 17.6. The molecule has 17 heavy (non-hydrogen) atoms. The fourth-order valence-corrected chi connectivity index (χ4v) is 2.13. The highest BCUT2D eigenvalue weighted by Gasteiger charge is 2.14. The Morgan fingerprint density at radius 3 is 2.94 bits per heavy atom. The van der Waals surface area contributed by atoms with Crippen molar-refractivity contribution in [3.05, 3.63) is 30.5 Å². The number of hydrogen-bond donors (Lipinski definition) is 0. The summed E-state index contributed by atoms with van der Waals surface area (Å²) >= 11 is 0. The zero-order valence-corrected chi connectivity index (χ0v) is 9.71. The number of rotatable bonds is 3. The van der Waals surface area contributed by atoms with Gasteiger partial charge in [-0.3, -0.25) is 4.68 Å². The number of hydrogen-bond acceptors (Lipinski definition) is 3. The van der Waals surface area contributed by atoms with E-state index in [0.717, 1.165) is 32.6 Å². The molecule has 2 aromatic rings. The molecule has 4 heteroatoms. The van der Waals surface area contributed by atoms with Gasteiger partial charge in [-0.25, -0.2) is 0 Å². The molecule has 0 spiro atoms. The average molecular weight is 232 g/mol. The van der Waals surface area contributed by atoms with Crippen LogP contribution in [0, 0.1) is 0 Å². The summed E-state index contributed by atoms with van der Waals surface area (Å²) in [5.41, 5.74) is 1.17. The molecule has 0 bridgehead atoms. The van der Waals surface area contributed by atoms with E-state index in [9.17, 15) is 0 Å². The van der Waals surface area contributed by atoms with Crippen molar-refractivity contribution in [1.29, 1.82) is 0 Å². The summed E-state index contributed by atoms with van der Waals surface area (Å²) in [4.78, 5) is 0. The first-order valence-corrected chi connectivity index (χ1v) is 6.07. The molecule has 0 N–H and O–H groups in total. The second-order valence-electron chi connectivity index (χ2n) is 4.24. The van der Waals surface area contributed by atoms with Crippen LogP contribution in [0.4, 0.5) is 0 Å². The SMILES string of the molecule is c1ccc2c(c1)cnn2CCC1OCCCO1. The van der Waals surface area contributed by atoms with Crippen molar-refractivity contribution < 1.29 is 9.47 Å². The number of benzene rings is 1. The predicted molar refractivity (Wildman–Crippen MR) is 64.7 cm³/mol. The summed E-state index contributed by atoms with van der Waals surface area (Å²) in [5.74, 6) is 0. The third kappa shape index (κ3) is 2.33. The standard InChI is InChI=1S/C13H16N2O2/c1-2-5-12-11(4-1)10-14-15(12)7-6-13-16-8-3-9-17-13/h1-2,4-5,10,13H,3,6-9H2. The van der Waals surface area contributed by atoms with Gasteiger partial charge in [0.1, 0.15) is 0 Å². The van der Waals surface area contributed by atoms with Crippen molar-refractivity contribution in [1.82, 2.24) is 9.78 Å². The Kier molecular flexibility index (Phi) is 3.07. The molecule has 1 saturated heterocycles. The van der Waals surface area contributed by atoms with Gasteiger partial charge in [-0.2, -0.15) is 5.10 Å². The maximum absolute atomic E-state index is 5.52. The smallest absolute Gasteiger partial charge is 0.159 e. The van der Waals surface area contributed by atoms with Crippen molar-refractivity contribution in [3.8, 4) is 0 Å². The highest BCUT2D eigenvalue weighted by Crippen LogP contribution is 2.15. The number of aromatic nitrogens is 2. The third-order valence-corrected chi connectivity index (χ3v) is 3.02. The predicted octanol–water partition coefficient (Wildman–Crippen LogP) is 2.19. The summed E-state index contributed by atoms with van der Waals surface area (Å²) in [5, 5.41) is 5.56. The molecule has 1 aliphatic heterocycles. The summed E-state index contributed by atoms with van der Waals surface area (Å²) in [6.07, 6.45) is 3.69. The number of nitrogens with zero attached hydrogens (tertiary/aromatic N) is 2. The molecule has 0 radical (unpaired) electrons. The van der Waals surface area contributed by atoms with Crippen LogP contribution in [-0.4, -0.2) is 29.3 Å². The van der Waals surface area contributed by atoms with Crippen LogP contribution in [-0.2, 0) is 16.0 Å². The molecule has 0 saturated carbocycles. The van der Waals surface area contributed by atoms with Crippen LogP contribution in [0.2, 0.25) is 0 Å². The van der Waals surface area contributed by atoms with Gasteiger partial charge in [0.2, 0.25) is 0 Å². The number of ether oxygens (including phenoxy) is 2. The maximum atomic E-state index is 5.52. The van der Waals surface area contributed by atoms with E-state index in [2.05, 4.69) is 17.2 Å². The van der Waals surface area contributed by atoms with E-state index >= 15 is 0 Å². The van der Waals surface area contributed by atoms with E-state index in [1.165, 1.54) is 10.9 Å². The molecule has 4 nitrogen and oxygen atoms in total. The highest BCUT2D eigenvalue weighted by molar-refractivity contribution is 5.78. The molecule has 1 fully saturated rings. The van der Waals surface area contributed by atoms with Crippen molar-refractivity contribution in [2.45, 2.75) is 25.7 Å². The van der Waals surface area contributed by atoms with Gasteiger partial charge >= 0.3 is 0 Å². The minimum Gasteiger partial charge on any atom is -0.353 e. The lowest BCUT2D eigenvalue weighted by Crippen LogP contribution is -2.26. The first kappa shape index (κ1) is 10.7. The first-order chi connectivity index (χ1) is 8.43. The van der Waals surface area contributed by atoms with Crippen LogP contribution in [0.3, 0.4) is 0 Å². The molecule has 0 atom stereocenters. The Hall–Kier alpha value is -1.39. The molecule has 3 rings (SSSR count). The fraction of sp³-hybridized carbons (Fsp3) is 0.462. The monoisotopic (exact) mass is 232 g/mol. The van der Waals surface area contributed by atoms with Crippen LogP contribution in [0.25, 0.3) is 10.9 Å². The molecule has 1 aliphatic rings. The van der Waals surface area contributed by atoms with Gasteiger partial charge in [-0.05, 0) is 12.5 Å². The quantitative estimate of drug-likeness (QED) is 0.814. The molecular formula is C13H16N2O2. The van der Waals surface area contributed by atoms with Crippen LogP contribution in [0.15, 0.2) is 30.5 Å². The summed E-state index contributed by atoms with van der Waals surface area (Å²) < 4.78 is 13.1. The Morgan fingerprint density at radius 2 is 2.06 bits per heavy atom. The van der Waals surface area contributed by atoms with Gasteiger partial charge in [0.05, 0.1) is 24.9 Å². The second-order valence-corrected chi connectivity index (χ2v) is 4.24. The Morgan fingerprint density at radius 1 is 1.24 bits per heavy atom. The summed E-state index contributed by atoms with van der Waals surface area (Å²) in [7, 11) is 0. The average Bonchev–Trinajstić information content (AvgIpc) is 2.81. The molecule has 0 amide bonds. The van der Waals surface area contributed by atoms with Crippen molar-refractivity contribution >= 4 is 10.9 Å². The zero-order chi connectivity index (χ0) is 11.5. The lowest BCUT2D eigenvalue weighted by atomic mass is 10.2. The Bertz CT molecular complexity index is 489. The van der Waals surface area contributed by atoms with Crippen molar-refractivity contribution in [2.75, 3.05) is 13.2 Å². The molecule has 1 aromatic carbocycles. The Balaban J connectivity index is 1.68. The maximum Gasteiger partial charge on any atom is 0.159 e. The van der Waals surface area contributed by atoms with E-state index in [4.69, 9.17) is 9.47 Å². The molecule has 2 heterocycles. The van der Waals surface area contributed by atoms with Crippen molar-refractivity contribution in [3.63, 3.8) is 0 Å². The summed E-state index contributed by atoms with van der Waals surface area (Å²) in [6, 6.07) is 8.23. The van der Waals surface area contributed by atoms with E-state index in [0.29, 0.717) is 0 Å². The largest absolute Gasteiger partial charge is 0.353 e. The fourth-order valence-electron chi connectivity index (χ4n) is 2.13. The topological polar surface area (TPSA) is 36.3 Å². The van der Waals surface area contributed by atoms with Gasteiger partial charge in [0.15, 0.2) is 6.29 Å². The molecular weight excluding hydrogens is 216 g/mol. The second kappa shape index (κ2) is 4.85. The minimum absolute atomic E-state index is 0.0632. The third-order valence-electron chi connectivity index (χ3n) is 3.02. The highest BCUT2D eigenvalue weighted by atomic mass is 16.7. The Labute approximate surface area is 100 Å². The molecule has 90 valence electrons. The van der Waals surface area contributed by atoms with Crippen LogP contribution in [0.1, 0.15) is 12.8 Å². The van der Waals surface area contributed by atoms with Gasteiger partial charge < -0.3 is 9.47 Å². The van der Waals surface area contributed by atoms with Crippen LogP contribution < -0.4 is 0 Å².